The van der Waals surface area contributed by atoms with E-state index < -0.39 is 47.3 Å². The maximum absolute atomic E-state index is 12.7. The van der Waals surface area contributed by atoms with Gasteiger partial charge in [0.2, 0.25) is 0 Å². The topological polar surface area (TPSA) is 125 Å². The number of thioether (sulfide) groups is 1. The van der Waals surface area contributed by atoms with Gasteiger partial charge in [0, 0.05) is 30.2 Å². The zero-order chi connectivity index (χ0) is 27.3. The van der Waals surface area contributed by atoms with Crippen molar-refractivity contribution in [3.63, 3.8) is 0 Å². The van der Waals surface area contributed by atoms with Crippen molar-refractivity contribution in [1.29, 1.82) is 0 Å². The van der Waals surface area contributed by atoms with Gasteiger partial charge in [0.1, 0.15) is 11.3 Å². The number of rotatable bonds is 9. The summed E-state index contributed by atoms with van der Waals surface area (Å²) in [4.78, 5) is 52.2. The van der Waals surface area contributed by atoms with Crippen molar-refractivity contribution in [2.45, 2.75) is 37.6 Å². The molecule has 2 aromatic rings. The molecule has 0 unspecified atom stereocenters. The molecule has 12 heteroatoms. The molecule has 202 valence electrons. The number of esters is 3. The van der Waals surface area contributed by atoms with Gasteiger partial charge in [-0.15, -0.1) is 11.8 Å². The first-order chi connectivity index (χ1) is 17.4. The van der Waals surface area contributed by atoms with Crippen LogP contribution in [-0.2, 0) is 28.6 Å². The van der Waals surface area contributed by atoms with Gasteiger partial charge in [0.25, 0.3) is 0 Å². The van der Waals surface area contributed by atoms with Crippen molar-refractivity contribution in [3.05, 3.63) is 40.2 Å². The maximum atomic E-state index is 12.7. The summed E-state index contributed by atoms with van der Waals surface area (Å²) in [5, 5.41) is 0.752. The second-order valence-corrected chi connectivity index (χ2v) is 10.4. The number of carbonyl (C=O) groups excluding carboxylic acids is 3. The van der Waals surface area contributed by atoms with Crippen LogP contribution in [0.2, 0.25) is 0 Å². The van der Waals surface area contributed by atoms with Crippen LogP contribution in [0.3, 0.4) is 0 Å². The molecule has 1 aromatic heterocycles. The first-order valence-corrected chi connectivity index (χ1v) is 12.7. The highest BCUT2D eigenvalue weighted by Gasteiger charge is 2.48. The molecule has 11 nitrogen and oxygen atoms in total. The number of carbonyl (C=O) groups is 3. The van der Waals surface area contributed by atoms with E-state index in [0.717, 1.165) is 10.9 Å². The third-order valence-electron chi connectivity index (χ3n) is 5.30. The van der Waals surface area contributed by atoms with E-state index >= 15 is 0 Å². The van der Waals surface area contributed by atoms with Crippen molar-refractivity contribution < 1.29 is 37.7 Å². The summed E-state index contributed by atoms with van der Waals surface area (Å²) in [5.41, 5.74) is -0.195. The monoisotopic (exact) mass is 536 g/mol. The Morgan fingerprint density at radius 1 is 0.973 bits per heavy atom. The van der Waals surface area contributed by atoms with Crippen LogP contribution in [0.5, 0.6) is 5.75 Å². The first-order valence-electron chi connectivity index (χ1n) is 11.6. The minimum Gasteiger partial charge on any atom is -0.476 e. The van der Waals surface area contributed by atoms with Crippen LogP contribution in [-0.4, -0.2) is 98.5 Å². The molecule has 2 heterocycles. The standard InChI is InChI=1S/C25H32N2O9S/c1-14-9-20(29)34-18-10-16(7-8-17(14)18)33-25-24(36-22(31)12-27(5)6)23(35-21(30)11-26(3)4)19(13-37-25)32-15(2)28/h7-10,19,23-25H,11-13H2,1-6H3/t19-,23+,24-,25+/m1/s1. The van der Waals surface area contributed by atoms with Gasteiger partial charge in [-0.05, 0) is 52.8 Å². The van der Waals surface area contributed by atoms with Crippen LogP contribution in [0.4, 0.5) is 0 Å². The molecule has 0 aliphatic carbocycles. The zero-order valence-electron chi connectivity index (χ0n) is 21.7. The van der Waals surface area contributed by atoms with E-state index in [1.807, 2.05) is 0 Å². The average Bonchev–Trinajstić information content (AvgIpc) is 2.75. The maximum Gasteiger partial charge on any atom is 0.336 e. The summed E-state index contributed by atoms with van der Waals surface area (Å²) in [6.45, 7) is 3.01. The van der Waals surface area contributed by atoms with Crippen LogP contribution < -0.4 is 10.4 Å². The normalized spacial score (nSPS) is 21.6. The van der Waals surface area contributed by atoms with Gasteiger partial charge in [-0.2, -0.15) is 0 Å². The Morgan fingerprint density at radius 2 is 1.59 bits per heavy atom. The molecule has 37 heavy (non-hydrogen) atoms. The number of ether oxygens (including phenoxy) is 4. The molecule has 4 atom stereocenters. The zero-order valence-corrected chi connectivity index (χ0v) is 22.5. The van der Waals surface area contributed by atoms with E-state index in [4.69, 9.17) is 23.4 Å². The van der Waals surface area contributed by atoms with E-state index in [1.165, 1.54) is 24.8 Å². The quantitative estimate of drug-likeness (QED) is 0.261. The van der Waals surface area contributed by atoms with E-state index in [-0.39, 0.29) is 18.8 Å². The Balaban J connectivity index is 1.94. The fraction of sp³-hybridized carbons (Fsp3) is 0.520. The van der Waals surface area contributed by atoms with Gasteiger partial charge in [0.15, 0.2) is 23.7 Å². The minimum atomic E-state index is -1.10. The van der Waals surface area contributed by atoms with Crippen molar-refractivity contribution in [1.82, 2.24) is 9.80 Å². The fourth-order valence-electron chi connectivity index (χ4n) is 3.83. The summed E-state index contributed by atoms with van der Waals surface area (Å²) < 4.78 is 28.4. The smallest absolute Gasteiger partial charge is 0.336 e. The van der Waals surface area contributed by atoms with Crippen molar-refractivity contribution in [2.24, 2.45) is 0 Å². The predicted octanol–water partition coefficient (Wildman–Crippen LogP) is 1.43. The van der Waals surface area contributed by atoms with Gasteiger partial charge in [0.05, 0.1) is 13.1 Å². The molecule has 1 saturated heterocycles. The first kappa shape index (κ1) is 28.5. The second-order valence-electron chi connectivity index (χ2n) is 9.26. The van der Waals surface area contributed by atoms with Crippen LogP contribution in [0, 0.1) is 6.92 Å². The molecule has 0 spiro atoms. The molecule has 1 fully saturated rings. The van der Waals surface area contributed by atoms with Crippen LogP contribution >= 0.6 is 11.8 Å². The number of aryl methyl sites for hydroxylation is 1. The van der Waals surface area contributed by atoms with Gasteiger partial charge in [-0.3, -0.25) is 24.2 Å². The number of benzene rings is 1. The van der Waals surface area contributed by atoms with Gasteiger partial charge < -0.3 is 23.4 Å². The molecular weight excluding hydrogens is 504 g/mol. The summed E-state index contributed by atoms with van der Waals surface area (Å²) in [6.07, 6.45) is -3.06. The largest absolute Gasteiger partial charge is 0.476 e. The molecule has 0 radical (unpaired) electrons. The van der Waals surface area contributed by atoms with Crippen molar-refractivity contribution in [2.75, 3.05) is 47.0 Å². The van der Waals surface area contributed by atoms with Gasteiger partial charge >= 0.3 is 23.5 Å². The third kappa shape index (κ3) is 7.94. The van der Waals surface area contributed by atoms with Crippen LogP contribution in [0.25, 0.3) is 11.0 Å². The Labute approximate surface area is 218 Å². The number of fused-ring (bicyclic) bond motifs is 1. The highest BCUT2D eigenvalue weighted by Crippen LogP contribution is 2.35. The SMILES string of the molecule is CC(=O)O[C@@H]1CS[C@H](Oc2ccc3c(C)cc(=O)oc3c2)[C@H](OC(=O)CN(C)C)[C@H]1OC(=O)CN(C)C. The molecule has 0 amide bonds. The van der Waals surface area contributed by atoms with Gasteiger partial charge in [-0.25, -0.2) is 4.79 Å². The molecule has 0 bridgehead atoms. The Hall–Kier alpha value is -3.09. The number of hydrogen-bond donors (Lipinski definition) is 0. The lowest BCUT2D eigenvalue weighted by atomic mass is 10.1. The fourth-order valence-corrected chi connectivity index (χ4v) is 5.05. The Bertz CT molecular complexity index is 1200. The molecular formula is C25H32N2O9S. The summed E-state index contributed by atoms with van der Waals surface area (Å²) in [7, 11) is 6.85. The van der Waals surface area contributed by atoms with Crippen LogP contribution in [0.1, 0.15) is 12.5 Å². The van der Waals surface area contributed by atoms with E-state index in [1.54, 1.807) is 63.1 Å². The number of nitrogens with zero attached hydrogens (tertiary/aromatic N) is 2. The number of likely N-dealkylation sites (N-methyl/N-ethyl adjacent to an activating group) is 2. The number of hydrogen-bond acceptors (Lipinski definition) is 12. The van der Waals surface area contributed by atoms with Crippen LogP contribution in [0.15, 0.2) is 33.5 Å². The third-order valence-corrected chi connectivity index (χ3v) is 6.52. The molecule has 1 aromatic carbocycles. The lowest BCUT2D eigenvalue weighted by Gasteiger charge is -2.40. The lowest BCUT2D eigenvalue weighted by Crippen LogP contribution is -2.56. The molecule has 3 rings (SSSR count). The Kier molecular flexibility index (Phi) is 9.57. The lowest BCUT2D eigenvalue weighted by molar-refractivity contribution is -0.189. The summed E-state index contributed by atoms with van der Waals surface area (Å²) in [6, 6.07) is 6.45. The predicted molar refractivity (Wildman–Crippen MR) is 137 cm³/mol. The molecule has 1 aliphatic heterocycles. The van der Waals surface area contributed by atoms with E-state index in [0.29, 0.717) is 11.3 Å². The van der Waals surface area contributed by atoms with Gasteiger partial charge in [-0.1, -0.05) is 0 Å². The molecule has 0 N–H and O–H groups in total. The summed E-state index contributed by atoms with van der Waals surface area (Å²) >= 11 is 1.25. The highest BCUT2D eigenvalue weighted by molar-refractivity contribution is 7.99. The van der Waals surface area contributed by atoms with Crippen molar-refractivity contribution in [3.8, 4) is 5.75 Å². The minimum absolute atomic E-state index is 0.0229. The molecule has 0 saturated carbocycles. The average molecular weight is 537 g/mol. The molecule has 1 aliphatic rings. The Morgan fingerprint density at radius 3 is 2.19 bits per heavy atom. The van der Waals surface area contributed by atoms with E-state index in [2.05, 4.69) is 0 Å². The highest BCUT2D eigenvalue weighted by atomic mass is 32.2. The van der Waals surface area contributed by atoms with Crippen molar-refractivity contribution >= 4 is 40.6 Å². The summed E-state index contributed by atoms with van der Waals surface area (Å²) in [5.74, 6) is -1.11. The van der Waals surface area contributed by atoms with E-state index in [9.17, 15) is 19.2 Å². The second kappa shape index (κ2) is 12.4.